The van der Waals surface area contributed by atoms with E-state index in [1.807, 2.05) is 0 Å². The highest BCUT2D eigenvalue weighted by Gasteiger charge is 2.18. The predicted octanol–water partition coefficient (Wildman–Crippen LogP) is 4.84. The van der Waals surface area contributed by atoms with E-state index in [0.29, 0.717) is 21.8 Å². The Morgan fingerprint density at radius 3 is 2.58 bits per heavy atom. The number of hydrogen-bond donors (Lipinski definition) is 1. The van der Waals surface area contributed by atoms with Crippen LogP contribution in [-0.2, 0) is 17.9 Å². The lowest BCUT2D eigenvalue weighted by Crippen LogP contribution is -2.19. The lowest BCUT2D eigenvalue weighted by molar-refractivity contribution is -0.137. The van der Waals surface area contributed by atoms with E-state index in [2.05, 4.69) is 0 Å². The Labute approximate surface area is 180 Å². The SMILES string of the molecule is Cc1c(-c2ccc(=O)n(Cc3ccc(F)cc3F)c2)c2cc(Cl)ccc2n1CC(=O)O. The molecular weight excluding hydrogens is 426 g/mol. The second kappa shape index (κ2) is 8.00. The number of halogens is 3. The minimum absolute atomic E-state index is 0.0770. The summed E-state index contributed by atoms with van der Waals surface area (Å²) in [4.78, 5) is 23.8. The molecule has 4 rings (SSSR count). The first-order valence-corrected chi connectivity index (χ1v) is 9.77. The van der Waals surface area contributed by atoms with Crippen molar-refractivity contribution in [2.45, 2.75) is 20.0 Å². The van der Waals surface area contributed by atoms with Crippen molar-refractivity contribution in [3.8, 4) is 11.1 Å². The lowest BCUT2D eigenvalue weighted by Gasteiger charge is -2.10. The maximum absolute atomic E-state index is 14.1. The average molecular weight is 443 g/mol. The van der Waals surface area contributed by atoms with Gasteiger partial charge in [-0.1, -0.05) is 17.7 Å². The van der Waals surface area contributed by atoms with E-state index in [9.17, 15) is 23.5 Å². The molecule has 0 fully saturated rings. The van der Waals surface area contributed by atoms with E-state index in [0.717, 1.165) is 23.1 Å². The van der Waals surface area contributed by atoms with E-state index < -0.39 is 17.6 Å². The van der Waals surface area contributed by atoms with Crippen LogP contribution in [0.1, 0.15) is 11.3 Å². The highest BCUT2D eigenvalue weighted by Crippen LogP contribution is 2.35. The number of hydrogen-bond acceptors (Lipinski definition) is 2. The first-order chi connectivity index (χ1) is 14.7. The Hall–Kier alpha value is -3.45. The van der Waals surface area contributed by atoms with Crippen LogP contribution in [0, 0.1) is 18.6 Å². The molecule has 0 atom stereocenters. The minimum atomic E-state index is -0.988. The van der Waals surface area contributed by atoms with Gasteiger partial charge in [-0.2, -0.15) is 0 Å². The topological polar surface area (TPSA) is 64.2 Å². The maximum atomic E-state index is 14.1. The van der Waals surface area contributed by atoms with Gasteiger partial charge < -0.3 is 14.2 Å². The third-order valence-electron chi connectivity index (χ3n) is 5.21. The van der Waals surface area contributed by atoms with Crippen molar-refractivity contribution < 1.29 is 18.7 Å². The summed E-state index contributed by atoms with van der Waals surface area (Å²) in [6.07, 6.45) is 1.58. The lowest BCUT2D eigenvalue weighted by atomic mass is 10.0. The van der Waals surface area contributed by atoms with Gasteiger partial charge in [-0.15, -0.1) is 0 Å². The van der Waals surface area contributed by atoms with Crippen molar-refractivity contribution in [1.82, 2.24) is 9.13 Å². The van der Waals surface area contributed by atoms with Crippen molar-refractivity contribution in [3.63, 3.8) is 0 Å². The quantitative estimate of drug-likeness (QED) is 0.481. The van der Waals surface area contributed by atoms with Gasteiger partial charge >= 0.3 is 5.97 Å². The molecule has 0 aliphatic rings. The molecule has 4 aromatic rings. The summed E-state index contributed by atoms with van der Waals surface area (Å²) in [5, 5.41) is 10.5. The van der Waals surface area contributed by atoms with Crippen LogP contribution in [0.5, 0.6) is 0 Å². The summed E-state index contributed by atoms with van der Waals surface area (Å²) in [5.74, 6) is -2.42. The van der Waals surface area contributed by atoms with Crippen LogP contribution in [0.3, 0.4) is 0 Å². The molecule has 0 saturated carbocycles. The average Bonchev–Trinajstić information content (AvgIpc) is 2.96. The van der Waals surface area contributed by atoms with Gasteiger partial charge in [0.2, 0.25) is 0 Å². The first kappa shape index (κ1) is 20.8. The molecule has 5 nitrogen and oxygen atoms in total. The molecule has 2 aromatic heterocycles. The minimum Gasteiger partial charge on any atom is -0.480 e. The zero-order valence-corrected chi connectivity index (χ0v) is 17.2. The van der Waals surface area contributed by atoms with Crippen molar-refractivity contribution >= 4 is 28.5 Å². The van der Waals surface area contributed by atoms with Gasteiger partial charge in [-0.05, 0) is 37.3 Å². The van der Waals surface area contributed by atoms with E-state index in [-0.39, 0.29) is 24.2 Å². The standard InChI is InChI=1S/C23H17ClF2N2O3/c1-13-23(18-8-16(24)4-6-20(18)28(13)12-22(30)31)15-3-7-21(29)27(11-15)10-14-2-5-17(25)9-19(14)26/h2-9,11H,10,12H2,1H3,(H,30,31). The number of rotatable bonds is 5. The molecular formula is C23H17ClF2N2O3. The van der Waals surface area contributed by atoms with Crippen molar-refractivity contribution in [3.05, 3.63) is 93.0 Å². The molecule has 0 bridgehead atoms. The van der Waals surface area contributed by atoms with E-state index in [4.69, 9.17) is 11.6 Å². The molecule has 31 heavy (non-hydrogen) atoms. The van der Waals surface area contributed by atoms with Crippen LogP contribution >= 0.6 is 11.6 Å². The number of carboxylic acids is 1. The molecule has 0 amide bonds. The van der Waals surface area contributed by atoms with Crippen LogP contribution in [0.2, 0.25) is 5.02 Å². The van der Waals surface area contributed by atoms with Crippen LogP contribution in [-0.4, -0.2) is 20.2 Å². The number of benzene rings is 2. The summed E-state index contributed by atoms with van der Waals surface area (Å²) in [7, 11) is 0. The molecule has 8 heteroatoms. The van der Waals surface area contributed by atoms with Crippen LogP contribution in [0.25, 0.3) is 22.0 Å². The fourth-order valence-electron chi connectivity index (χ4n) is 3.79. The molecule has 0 aliphatic carbocycles. The molecule has 2 heterocycles. The Morgan fingerprint density at radius 2 is 1.87 bits per heavy atom. The van der Waals surface area contributed by atoms with E-state index in [1.54, 1.807) is 42.0 Å². The molecule has 2 aromatic carbocycles. The Kier molecular flexibility index (Phi) is 5.37. The molecule has 0 aliphatic heterocycles. The third-order valence-corrected chi connectivity index (χ3v) is 5.44. The molecule has 1 N–H and O–H groups in total. The zero-order valence-electron chi connectivity index (χ0n) is 16.4. The number of nitrogens with zero attached hydrogens (tertiary/aromatic N) is 2. The number of aliphatic carboxylic acids is 1. The largest absolute Gasteiger partial charge is 0.480 e. The zero-order chi connectivity index (χ0) is 22.3. The fraction of sp³-hybridized carbons (Fsp3) is 0.130. The molecule has 0 saturated heterocycles. The van der Waals surface area contributed by atoms with Crippen LogP contribution < -0.4 is 5.56 Å². The monoisotopic (exact) mass is 442 g/mol. The molecule has 0 radical (unpaired) electrons. The summed E-state index contributed by atoms with van der Waals surface area (Å²) in [6, 6.07) is 11.4. The second-order valence-corrected chi connectivity index (χ2v) is 7.66. The number of carboxylic acid groups (broad SMARTS) is 1. The Bertz CT molecular complexity index is 1390. The normalized spacial score (nSPS) is 11.2. The number of fused-ring (bicyclic) bond motifs is 1. The number of carbonyl (C=O) groups is 1. The van der Waals surface area contributed by atoms with E-state index in [1.165, 1.54) is 16.7 Å². The first-order valence-electron chi connectivity index (χ1n) is 9.39. The van der Waals surface area contributed by atoms with Gasteiger partial charge in [0.1, 0.15) is 18.2 Å². The summed E-state index contributed by atoms with van der Waals surface area (Å²) < 4.78 is 30.3. The fourth-order valence-corrected chi connectivity index (χ4v) is 3.97. The highest BCUT2D eigenvalue weighted by molar-refractivity contribution is 6.31. The van der Waals surface area contributed by atoms with Crippen molar-refractivity contribution in [1.29, 1.82) is 0 Å². The summed E-state index contributed by atoms with van der Waals surface area (Å²) in [5.41, 5.74) is 2.59. The van der Waals surface area contributed by atoms with E-state index >= 15 is 0 Å². The number of aromatic nitrogens is 2. The van der Waals surface area contributed by atoms with Gasteiger partial charge in [0, 0.05) is 56.6 Å². The second-order valence-electron chi connectivity index (χ2n) is 7.22. The molecule has 0 unspecified atom stereocenters. The van der Waals surface area contributed by atoms with Crippen LogP contribution in [0.4, 0.5) is 8.78 Å². The smallest absolute Gasteiger partial charge is 0.323 e. The van der Waals surface area contributed by atoms with Gasteiger partial charge in [-0.3, -0.25) is 9.59 Å². The molecule has 0 spiro atoms. The summed E-state index contributed by atoms with van der Waals surface area (Å²) in [6.45, 7) is 1.48. The molecule has 158 valence electrons. The van der Waals surface area contributed by atoms with Gasteiger partial charge in [0.05, 0.1) is 6.54 Å². The summed E-state index contributed by atoms with van der Waals surface area (Å²) >= 11 is 6.19. The van der Waals surface area contributed by atoms with Crippen molar-refractivity contribution in [2.75, 3.05) is 0 Å². The van der Waals surface area contributed by atoms with Crippen LogP contribution in [0.15, 0.2) is 59.5 Å². The number of pyridine rings is 1. The van der Waals surface area contributed by atoms with Crippen molar-refractivity contribution in [2.24, 2.45) is 0 Å². The van der Waals surface area contributed by atoms with Gasteiger partial charge in [0.15, 0.2) is 0 Å². The predicted molar refractivity (Wildman–Crippen MR) is 114 cm³/mol. The highest BCUT2D eigenvalue weighted by atomic mass is 35.5. The van der Waals surface area contributed by atoms with Gasteiger partial charge in [-0.25, -0.2) is 8.78 Å². The Balaban J connectivity index is 1.88. The van der Waals surface area contributed by atoms with Gasteiger partial charge in [0.25, 0.3) is 5.56 Å². The third kappa shape index (κ3) is 3.96. The Morgan fingerprint density at radius 1 is 1.10 bits per heavy atom. The maximum Gasteiger partial charge on any atom is 0.323 e.